The topological polar surface area (TPSA) is 88.9 Å². The van der Waals surface area contributed by atoms with Gasteiger partial charge in [-0.25, -0.2) is 0 Å². The molecule has 0 radical (unpaired) electrons. The highest BCUT2D eigenvalue weighted by molar-refractivity contribution is 6.36. The zero-order valence-electron chi connectivity index (χ0n) is 7.23. The first kappa shape index (κ1) is 9.60. The maximum absolute atomic E-state index is 10.6. The highest BCUT2D eigenvalue weighted by Gasteiger charge is 2.15. The summed E-state index contributed by atoms with van der Waals surface area (Å²) < 4.78 is 0. The van der Waals surface area contributed by atoms with Crippen LogP contribution in [0.2, 0.25) is 5.02 Å². The third kappa shape index (κ3) is 1.44. The van der Waals surface area contributed by atoms with Gasteiger partial charge in [0.25, 0.3) is 5.69 Å². The molecule has 0 saturated carbocycles. The number of carbonyl (C=O) groups is 1. The SMILES string of the molecule is O=Cc1[nH]nc2cc([N+](=O)[O-])cc(Cl)c12. The van der Waals surface area contributed by atoms with E-state index in [4.69, 9.17) is 11.6 Å². The Morgan fingerprint density at radius 3 is 2.87 bits per heavy atom. The van der Waals surface area contributed by atoms with Gasteiger partial charge in [0, 0.05) is 17.5 Å². The third-order valence-electron chi connectivity index (χ3n) is 1.95. The molecule has 15 heavy (non-hydrogen) atoms. The number of hydrogen-bond donors (Lipinski definition) is 1. The van der Waals surface area contributed by atoms with Gasteiger partial charge in [0.15, 0.2) is 6.29 Å². The maximum Gasteiger partial charge on any atom is 0.273 e. The van der Waals surface area contributed by atoms with Crippen molar-refractivity contribution < 1.29 is 9.72 Å². The number of non-ortho nitro benzene ring substituents is 1. The molecule has 0 atom stereocenters. The van der Waals surface area contributed by atoms with E-state index >= 15 is 0 Å². The zero-order valence-corrected chi connectivity index (χ0v) is 7.99. The predicted molar refractivity (Wildman–Crippen MR) is 53.1 cm³/mol. The van der Waals surface area contributed by atoms with E-state index in [1.165, 1.54) is 12.1 Å². The summed E-state index contributed by atoms with van der Waals surface area (Å²) in [5.74, 6) is 0. The van der Waals surface area contributed by atoms with E-state index in [0.29, 0.717) is 17.2 Å². The van der Waals surface area contributed by atoms with Gasteiger partial charge in [-0.05, 0) is 0 Å². The van der Waals surface area contributed by atoms with Gasteiger partial charge in [0.05, 0.1) is 9.95 Å². The summed E-state index contributed by atoms with van der Waals surface area (Å²) in [6.45, 7) is 0. The van der Waals surface area contributed by atoms with Gasteiger partial charge in [-0.2, -0.15) is 5.10 Å². The Morgan fingerprint density at radius 1 is 1.53 bits per heavy atom. The first-order valence-electron chi connectivity index (χ1n) is 3.90. The fourth-order valence-corrected chi connectivity index (χ4v) is 1.61. The second-order valence-electron chi connectivity index (χ2n) is 2.83. The van der Waals surface area contributed by atoms with E-state index in [-0.39, 0.29) is 16.4 Å². The number of aromatic amines is 1. The van der Waals surface area contributed by atoms with Crippen LogP contribution in [0.3, 0.4) is 0 Å². The molecule has 0 fully saturated rings. The van der Waals surface area contributed by atoms with Crippen LogP contribution < -0.4 is 0 Å². The predicted octanol–water partition coefficient (Wildman–Crippen LogP) is 1.94. The Hall–Kier alpha value is -1.95. The van der Waals surface area contributed by atoms with Gasteiger partial charge in [0.1, 0.15) is 11.2 Å². The third-order valence-corrected chi connectivity index (χ3v) is 2.25. The van der Waals surface area contributed by atoms with Crippen LogP contribution in [0.15, 0.2) is 12.1 Å². The summed E-state index contributed by atoms with van der Waals surface area (Å²) in [5.41, 5.74) is 0.359. The van der Waals surface area contributed by atoms with Crippen molar-refractivity contribution in [2.45, 2.75) is 0 Å². The van der Waals surface area contributed by atoms with E-state index in [2.05, 4.69) is 10.2 Å². The molecule has 1 aromatic heterocycles. The first-order chi connectivity index (χ1) is 7.13. The number of nitro groups is 1. The van der Waals surface area contributed by atoms with Gasteiger partial charge < -0.3 is 0 Å². The zero-order chi connectivity index (χ0) is 11.0. The average Bonchev–Trinajstić information content (AvgIpc) is 2.60. The second-order valence-corrected chi connectivity index (χ2v) is 3.24. The number of H-pyrrole nitrogens is 1. The lowest BCUT2D eigenvalue weighted by atomic mass is 10.2. The molecule has 0 unspecified atom stereocenters. The smallest absolute Gasteiger partial charge is 0.273 e. The van der Waals surface area contributed by atoms with Gasteiger partial charge in [0.2, 0.25) is 0 Å². The quantitative estimate of drug-likeness (QED) is 0.480. The standard InChI is InChI=1S/C8H4ClN3O3/c9-5-1-4(12(14)15)2-6-8(5)7(3-13)11-10-6/h1-3H,(H,10,11). The first-order valence-corrected chi connectivity index (χ1v) is 4.28. The van der Waals surface area contributed by atoms with Crippen LogP contribution in [0.5, 0.6) is 0 Å². The number of carbonyl (C=O) groups excluding carboxylic acids is 1. The molecule has 0 aliphatic carbocycles. The second kappa shape index (κ2) is 3.32. The van der Waals surface area contributed by atoms with Crippen LogP contribution in [0.4, 0.5) is 5.69 Å². The molecule has 76 valence electrons. The van der Waals surface area contributed by atoms with E-state index in [0.717, 1.165) is 0 Å². The normalized spacial score (nSPS) is 10.5. The lowest BCUT2D eigenvalue weighted by molar-refractivity contribution is -0.384. The Labute approximate surface area is 88.0 Å². The van der Waals surface area contributed by atoms with E-state index in [1.54, 1.807) is 0 Å². The minimum atomic E-state index is -0.569. The number of hydrogen-bond acceptors (Lipinski definition) is 4. The van der Waals surface area contributed by atoms with Gasteiger partial charge in [-0.15, -0.1) is 0 Å². The van der Waals surface area contributed by atoms with Crippen LogP contribution in [0, 0.1) is 10.1 Å². The van der Waals surface area contributed by atoms with Crippen molar-refractivity contribution in [1.29, 1.82) is 0 Å². The summed E-state index contributed by atoms with van der Waals surface area (Å²) >= 11 is 5.81. The highest BCUT2D eigenvalue weighted by Crippen LogP contribution is 2.29. The molecule has 0 bridgehead atoms. The minimum Gasteiger partial charge on any atom is -0.296 e. The summed E-state index contributed by atoms with van der Waals surface area (Å²) in [5, 5.41) is 17.2. The number of rotatable bonds is 2. The molecule has 0 spiro atoms. The summed E-state index contributed by atoms with van der Waals surface area (Å²) in [6, 6.07) is 2.44. The molecule has 2 rings (SSSR count). The fraction of sp³-hybridized carbons (Fsp3) is 0. The van der Waals surface area contributed by atoms with Crippen molar-refractivity contribution in [3.63, 3.8) is 0 Å². The molecule has 1 heterocycles. The van der Waals surface area contributed by atoms with Gasteiger partial charge in [-0.1, -0.05) is 11.6 Å². The van der Waals surface area contributed by atoms with Crippen molar-refractivity contribution in [3.05, 3.63) is 33.0 Å². The Morgan fingerprint density at radius 2 is 2.27 bits per heavy atom. The number of nitro benzene ring substituents is 1. The van der Waals surface area contributed by atoms with Crippen LogP contribution >= 0.6 is 11.6 Å². The van der Waals surface area contributed by atoms with Crippen molar-refractivity contribution >= 4 is 34.5 Å². The summed E-state index contributed by atoms with van der Waals surface area (Å²) in [6.07, 6.45) is 0.563. The largest absolute Gasteiger partial charge is 0.296 e. The number of aromatic nitrogens is 2. The summed E-state index contributed by atoms with van der Waals surface area (Å²) in [7, 11) is 0. The number of halogens is 1. The molecule has 0 aliphatic rings. The molecule has 0 aliphatic heterocycles. The van der Waals surface area contributed by atoms with Crippen molar-refractivity contribution in [2.24, 2.45) is 0 Å². The lowest BCUT2D eigenvalue weighted by Crippen LogP contribution is -1.88. The number of fused-ring (bicyclic) bond motifs is 1. The molecule has 1 aromatic carbocycles. The molecule has 0 saturated heterocycles. The summed E-state index contributed by atoms with van der Waals surface area (Å²) in [4.78, 5) is 20.5. The molecular weight excluding hydrogens is 222 g/mol. The molecular formula is C8H4ClN3O3. The van der Waals surface area contributed by atoms with Crippen molar-refractivity contribution in [2.75, 3.05) is 0 Å². The van der Waals surface area contributed by atoms with Crippen molar-refractivity contribution in [3.8, 4) is 0 Å². The molecule has 6 nitrogen and oxygen atoms in total. The van der Waals surface area contributed by atoms with Crippen LogP contribution in [0.1, 0.15) is 10.5 Å². The monoisotopic (exact) mass is 225 g/mol. The number of nitrogens with one attached hydrogen (secondary N) is 1. The van der Waals surface area contributed by atoms with E-state index in [1.807, 2.05) is 0 Å². The molecule has 7 heteroatoms. The number of nitrogens with zero attached hydrogens (tertiary/aromatic N) is 2. The lowest BCUT2D eigenvalue weighted by Gasteiger charge is -1.94. The van der Waals surface area contributed by atoms with Crippen LogP contribution in [-0.2, 0) is 0 Å². The molecule has 2 aromatic rings. The number of aldehydes is 1. The van der Waals surface area contributed by atoms with Crippen LogP contribution in [0.25, 0.3) is 10.9 Å². The van der Waals surface area contributed by atoms with Gasteiger partial charge >= 0.3 is 0 Å². The Bertz CT molecular complexity index is 564. The van der Waals surface area contributed by atoms with Crippen LogP contribution in [-0.4, -0.2) is 21.4 Å². The minimum absolute atomic E-state index is 0.134. The van der Waals surface area contributed by atoms with Crippen molar-refractivity contribution in [1.82, 2.24) is 10.2 Å². The molecule has 0 amide bonds. The van der Waals surface area contributed by atoms with E-state index < -0.39 is 4.92 Å². The Balaban J connectivity index is 2.80. The number of benzene rings is 1. The maximum atomic E-state index is 10.6. The highest BCUT2D eigenvalue weighted by atomic mass is 35.5. The Kier molecular flexibility index (Phi) is 2.12. The fourth-order valence-electron chi connectivity index (χ4n) is 1.30. The average molecular weight is 226 g/mol. The molecule has 1 N–H and O–H groups in total. The van der Waals surface area contributed by atoms with E-state index in [9.17, 15) is 14.9 Å². The van der Waals surface area contributed by atoms with Gasteiger partial charge in [-0.3, -0.25) is 20.0 Å².